The molecule has 2 rings (SSSR count). The lowest BCUT2D eigenvalue weighted by Crippen LogP contribution is -2.40. The van der Waals surface area contributed by atoms with E-state index in [0.29, 0.717) is 10.7 Å². The summed E-state index contributed by atoms with van der Waals surface area (Å²) in [5.74, 6) is 0. The first-order valence-corrected chi connectivity index (χ1v) is 6.34. The van der Waals surface area contributed by atoms with Crippen LogP contribution in [0.1, 0.15) is 32.1 Å². The van der Waals surface area contributed by atoms with Gasteiger partial charge in [0.2, 0.25) is 0 Å². The van der Waals surface area contributed by atoms with Crippen LogP contribution >= 0.6 is 11.6 Å². The van der Waals surface area contributed by atoms with Crippen LogP contribution in [0.25, 0.3) is 0 Å². The van der Waals surface area contributed by atoms with Crippen molar-refractivity contribution in [2.24, 2.45) is 0 Å². The first kappa shape index (κ1) is 12.2. The molecule has 1 amide bonds. The summed E-state index contributed by atoms with van der Waals surface area (Å²) in [5, 5.41) is 9.87. The summed E-state index contributed by atoms with van der Waals surface area (Å²) in [7, 11) is 0. The average Bonchev–Trinajstić information content (AvgIpc) is 2.33. The minimum absolute atomic E-state index is 0.0705. The molecule has 1 fully saturated rings. The Bertz CT molecular complexity index is 402. The van der Waals surface area contributed by atoms with Crippen molar-refractivity contribution in [2.45, 2.75) is 38.1 Å². The first-order chi connectivity index (χ1) is 8.20. The highest BCUT2D eigenvalue weighted by atomic mass is 35.5. The molecule has 0 aliphatic heterocycles. The highest BCUT2D eigenvalue weighted by Gasteiger charge is 2.27. The summed E-state index contributed by atoms with van der Waals surface area (Å²) < 4.78 is 0. The van der Waals surface area contributed by atoms with E-state index in [-0.39, 0.29) is 6.04 Å². The molecule has 0 radical (unpaired) electrons. The second-order valence-corrected chi connectivity index (χ2v) is 4.80. The number of nitrogens with zero attached hydrogens (tertiary/aromatic N) is 1. The first-order valence-electron chi connectivity index (χ1n) is 5.97. The van der Waals surface area contributed by atoms with Gasteiger partial charge < -0.3 is 5.11 Å². The number of benzene rings is 1. The Labute approximate surface area is 106 Å². The molecule has 0 aromatic heterocycles. The lowest BCUT2D eigenvalue weighted by molar-refractivity contribution is 0.196. The number of carbonyl (C=O) groups is 1. The lowest BCUT2D eigenvalue weighted by Gasteiger charge is -2.32. The molecule has 0 spiro atoms. The number of halogens is 1. The van der Waals surface area contributed by atoms with Gasteiger partial charge in [-0.2, -0.15) is 0 Å². The zero-order chi connectivity index (χ0) is 12.3. The molecular weight excluding hydrogens is 238 g/mol. The molecule has 1 aliphatic rings. The van der Waals surface area contributed by atoms with Crippen molar-refractivity contribution in [3.63, 3.8) is 0 Å². The van der Waals surface area contributed by atoms with Gasteiger partial charge in [0, 0.05) is 6.04 Å². The van der Waals surface area contributed by atoms with Crippen LogP contribution in [0.3, 0.4) is 0 Å². The van der Waals surface area contributed by atoms with E-state index in [4.69, 9.17) is 11.6 Å². The molecule has 1 N–H and O–H groups in total. The predicted octanol–water partition coefficient (Wildman–Crippen LogP) is 4.16. The fraction of sp³-hybridized carbons (Fsp3) is 0.462. The molecule has 3 nitrogen and oxygen atoms in total. The van der Waals surface area contributed by atoms with Gasteiger partial charge in [0.15, 0.2) is 0 Å². The maximum atomic E-state index is 11.4. The average molecular weight is 254 g/mol. The van der Waals surface area contributed by atoms with Crippen molar-refractivity contribution >= 4 is 23.4 Å². The molecule has 1 aromatic carbocycles. The molecule has 92 valence electrons. The Hall–Kier alpha value is -1.22. The Balaban J connectivity index is 2.28. The van der Waals surface area contributed by atoms with Gasteiger partial charge in [-0.1, -0.05) is 43.0 Å². The molecule has 0 bridgehead atoms. The van der Waals surface area contributed by atoms with E-state index in [0.717, 1.165) is 25.7 Å². The van der Waals surface area contributed by atoms with Gasteiger partial charge >= 0.3 is 6.09 Å². The van der Waals surface area contributed by atoms with Gasteiger partial charge in [-0.05, 0) is 25.0 Å². The third-order valence-corrected chi connectivity index (χ3v) is 3.58. The third-order valence-electron chi connectivity index (χ3n) is 3.26. The summed E-state index contributed by atoms with van der Waals surface area (Å²) in [6, 6.07) is 7.20. The Morgan fingerprint density at radius 1 is 1.24 bits per heavy atom. The monoisotopic (exact) mass is 253 g/mol. The highest BCUT2D eigenvalue weighted by molar-refractivity contribution is 6.33. The number of rotatable bonds is 2. The van der Waals surface area contributed by atoms with Crippen LogP contribution in [-0.2, 0) is 0 Å². The smallest absolute Gasteiger partial charge is 0.412 e. The van der Waals surface area contributed by atoms with E-state index in [1.807, 2.05) is 12.1 Å². The maximum absolute atomic E-state index is 11.4. The van der Waals surface area contributed by atoms with Crippen molar-refractivity contribution < 1.29 is 9.90 Å². The summed E-state index contributed by atoms with van der Waals surface area (Å²) in [5.41, 5.74) is 0.605. The van der Waals surface area contributed by atoms with E-state index in [9.17, 15) is 9.90 Å². The normalized spacial score (nSPS) is 16.8. The number of para-hydroxylation sites is 1. The molecule has 17 heavy (non-hydrogen) atoms. The maximum Gasteiger partial charge on any atom is 0.412 e. The predicted molar refractivity (Wildman–Crippen MR) is 68.8 cm³/mol. The SMILES string of the molecule is O=C(O)N(c1ccccc1Cl)C1CCCCC1. The van der Waals surface area contributed by atoms with Crippen LogP contribution in [0.2, 0.25) is 5.02 Å². The topological polar surface area (TPSA) is 40.5 Å². The second-order valence-electron chi connectivity index (χ2n) is 4.40. The van der Waals surface area contributed by atoms with Crippen LogP contribution in [0.15, 0.2) is 24.3 Å². The molecule has 1 aliphatic carbocycles. The Morgan fingerprint density at radius 3 is 2.47 bits per heavy atom. The number of carboxylic acid groups (broad SMARTS) is 1. The molecule has 0 heterocycles. The number of anilines is 1. The van der Waals surface area contributed by atoms with Crippen molar-refractivity contribution in [3.8, 4) is 0 Å². The van der Waals surface area contributed by atoms with Crippen molar-refractivity contribution in [1.82, 2.24) is 0 Å². The molecular formula is C13H16ClNO2. The fourth-order valence-corrected chi connectivity index (χ4v) is 2.67. The van der Waals surface area contributed by atoms with Gasteiger partial charge in [0.05, 0.1) is 10.7 Å². The van der Waals surface area contributed by atoms with Gasteiger partial charge in [-0.3, -0.25) is 4.90 Å². The molecule has 4 heteroatoms. The minimum atomic E-state index is -0.912. The summed E-state index contributed by atoms with van der Waals surface area (Å²) in [6.07, 6.45) is 4.34. The van der Waals surface area contributed by atoms with Gasteiger partial charge in [0.25, 0.3) is 0 Å². The second kappa shape index (κ2) is 5.41. The number of hydrogen-bond donors (Lipinski definition) is 1. The molecule has 0 saturated heterocycles. The molecule has 1 saturated carbocycles. The van der Waals surface area contributed by atoms with Crippen LogP contribution in [-0.4, -0.2) is 17.2 Å². The Kier molecular flexibility index (Phi) is 3.89. The van der Waals surface area contributed by atoms with Gasteiger partial charge in [-0.15, -0.1) is 0 Å². The lowest BCUT2D eigenvalue weighted by atomic mass is 9.94. The number of hydrogen-bond acceptors (Lipinski definition) is 1. The van der Waals surface area contributed by atoms with E-state index >= 15 is 0 Å². The summed E-state index contributed by atoms with van der Waals surface area (Å²) in [4.78, 5) is 12.9. The number of amides is 1. The van der Waals surface area contributed by atoms with Gasteiger partial charge in [-0.25, -0.2) is 4.79 Å². The van der Waals surface area contributed by atoms with Crippen LogP contribution < -0.4 is 4.90 Å². The van der Waals surface area contributed by atoms with Gasteiger partial charge in [0.1, 0.15) is 0 Å². The van der Waals surface area contributed by atoms with Crippen molar-refractivity contribution in [1.29, 1.82) is 0 Å². The fourth-order valence-electron chi connectivity index (χ4n) is 2.44. The molecule has 0 atom stereocenters. The standard InChI is InChI=1S/C13H16ClNO2/c14-11-8-4-5-9-12(11)15(13(16)17)10-6-2-1-3-7-10/h4-5,8-10H,1-3,6-7H2,(H,16,17). The van der Waals surface area contributed by atoms with E-state index < -0.39 is 6.09 Å². The molecule has 1 aromatic rings. The summed E-state index contributed by atoms with van der Waals surface area (Å²) >= 11 is 6.08. The summed E-state index contributed by atoms with van der Waals surface area (Å²) in [6.45, 7) is 0. The van der Waals surface area contributed by atoms with Crippen LogP contribution in [0.5, 0.6) is 0 Å². The van der Waals surface area contributed by atoms with Crippen molar-refractivity contribution in [3.05, 3.63) is 29.3 Å². The zero-order valence-corrected chi connectivity index (χ0v) is 10.4. The van der Waals surface area contributed by atoms with E-state index in [1.54, 1.807) is 12.1 Å². The zero-order valence-electron chi connectivity index (χ0n) is 9.60. The van der Waals surface area contributed by atoms with E-state index in [1.165, 1.54) is 11.3 Å². The van der Waals surface area contributed by atoms with Crippen molar-refractivity contribution in [2.75, 3.05) is 4.90 Å². The minimum Gasteiger partial charge on any atom is -0.465 e. The van der Waals surface area contributed by atoms with Crippen LogP contribution in [0.4, 0.5) is 10.5 Å². The quantitative estimate of drug-likeness (QED) is 0.860. The molecule has 0 unspecified atom stereocenters. The third kappa shape index (κ3) is 2.72. The highest BCUT2D eigenvalue weighted by Crippen LogP contribution is 2.32. The van der Waals surface area contributed by atoms with Crippen LogP contribution in [0, 0.1) is 0 Å². The Morgan fingerprint density at radius 2 is 1.88 bits per heavy atom. The van der Waals surface area contributed by atoms with E-state index in [2.05, 4.69) is 0 Å². The largest absolute Gasteiger partial charge is 0.465 e.